The van der Waals surface area contributed by atoms with Gasteiger partial charge in [0.15, 0.2) is 4.34 Å². The van der Waals surface area contributed by atoms with Crippen molar-refractivity contribution in [3.05, 3.63) is 65.5 Å². The summed E-state index contributed by atoms with van der Waals surface area (Å²) in [5.41, 5.74) is 1.97. The van der Waals surface area contributed by atoms with E-state index in [1.807, 2.05) is 24.3 Å². The van der Waals surface area contributed by atoms with Crippen molar-refractivity contribution >= 4 is 34.1 Å². The van der Waals surface area contributed by atoms with Crippen LogP contribution in [0, 0.1) is 5.82 Å². The predicted molar refractivity (Wildman–Crippen MR) is 112 cm³/mol. The van der Waals surface area contributed by atoms with E-state index in [9.17, 15) is 9.18 Å². The molecule has 0 bridgehead atoms. The smallest absolute Gasteiger partial charge is 0.230 e. The summed E-state index contributed by atoms with van der Waals surface area (Å²) in [6, 6.07) is 14.0. The second-order valence-corrected chi connectivity index (χ2v) is 8.64. The van der Waals surface area contributed by atoms with Gasteiger partial charge in [-0.05, 0) is 23.8 Å². The zero-order chi connectivity index (χ0) is 20.1. The van der Waals surface area contributed by atoms with Gasteiger partial charge >= 0.3 is 0 Å². The standard InChI is InChI=1S/C20H19FN4O2S2/c21-14-7-5-13(6-8-14)11-22-19-24-25-20(29-19)28-12-18(26)23-16-9-10-27-17-4-2-1-3-15(16)17/h1-8,16H,9-12H2,(H,22,24)(H,23,26)/t16-/m1/s1. The van der Waals surface area contributed by atoms with Gasteiger partial charge in [-0.2, -0.15) is 0 Å². The maximum Gasteiger partial charge on any atom is 0.230 e. The van der Waals surface area contributed by atoms with Crippen molar-refractivity contribution in [1.82, 2.24) is 15.5 Å². The number of thioether (sulfide) groups is 1. The van der Waals surface area contributed by atoms with E-state index in [2.05, 4.69) is 20.8 Å². The van der Waals surface area contributed by atoms with Crippen molar-refractivity contribution < 1.29 is 13.9 Å². The van der Waals surface area contributed by atoms with E-state index in [-0.39, 0.29) is 23.5 Å². The van der Waals surface area contributed by atoms with Crippen LogP contribution in [0.1, 0.15) is 23.6 Å². The van der Waals surface area contributed by atoms with Crippen molar-refractivity contribution in [2.45, 2.75) is 23.3 Å². The molecular formula is C20H19FN4O2S2. The first-order valence-corrected chi connectivity index (χ1v) is 10.9. The first-order valence-electron chi connectivity index (χ1n) is 9.13. The van der Waals surface area contributed by atoms with Gasteiger partial charge in [0, 0.05) is 18.5 Å². The van der Waals surface area contributed by atoms with Gasteiger partial charge in [0.1, 0.15) is 11.6 Å². The molecule has 0 fully saturated rings. The summed E-state index contributed by atoms with van der Waals surface area (Å²) in [7, 11) is 0. The first-order chi connectivity index (χ1) is 14.2. The number of carbonyl (C=O) groups excluding carboxylic acids is 1. The van der Waals surface area contributed by atoms with Gasteiger partial charge in [0.05, 0.1) is 18.4 Å². The topological polar surface area (TPSA) is 76.1 Å². The Hall–Kier alpha value is -2.65. The van der Waals surface area contributed by atoms with Crippen LogP contribution in [0.5, 0.6) is 5.75 Å². The number of amides is 1. The Morgan fingerprint density at radius 2 is 2.03 bits per heavy atom. The first kappa shape index (κ1) is 19.7. The number of hydrogen-bond acceptors (Lipinski definition) is 7. The molecular weight excluding hydrogens is 411 g/mol. The molecule has 29 heavy (non-hydrogen) atoms. The summed E-state index contributed by atoms with van der Waals surface area (Å²) in [4.78, 5) is 12.4. The van der Waals surface area contributed by atoms with Crippen LogP contribution in [0.2, 0.25) is 0 Å². The molecule has 0 radical (unpaired) electrons. The third-order valence-corrected chi connectivity index (χ3v) is 6.40. The lowest BCUT2D eigenvalue weighted by molar-refractivity contribution is -0.119. The Kier molecular flexibility index (Phi) is 6.26. The van der Waals surface area contributed by atoms with Crippen molar-refractivity contribution in [2.24, 2.45) is 0 Å². The SMILES string of the molecule is O=C(CSc1nnc(NCc2ccc(F)cc2)s1)N[C@@H]1CCOc2ccccc21. The van der Waals surface area contributed by atoms with Gasteiger partial charge in [-0.25, -0.2) is 4.39 Å². The van der Waals surface area contributed by atoms with E-state index in [1.165, 1.54) is 35.2 Å². The lowest BCUT2D eigenvalue weighted by Gasteiger charge is -2.26. The number of nitrogens with one attached hydrogen (secondary N) is 2. The number of nitrogens with zero attached hydrogens (tertiary/aromatic N) is 2. The Balaban J connectivity index is 1.25. The number of halogens is 1. The molecule has 2 aromatic carbocycles. The second kappa shape index (κ2) is 9.23. The fourth-order valence-electron chi connectivity index (χ4n) is 2.97. The summed E-state index contributed by atoms with van der Waals surface area (Å²) in [5, 5.41) is 15.1. The number of fused-ring (bicyclic) bond motifs is 1. The van der Waals surface area contributed by atoms with Gasteiger partial charge in [0.2, 0.25) is 11.0 Å². The minimum absolute atomic E-state index is 0.0320. The number of benzene rings is 2. The molecule has 6 nitrogen and oxygen atoms in total. The molecule has 1 aliphatic heterocycles. The Labute approximate surface area is 175 Å². The number of anilines is 1. The fraction of sp³-hybridized carbons (Fsp3) is 0.250. The third kappa shape index (κ3) is 5.24. The molecule has 150 valence electrons. The summed E-state index contributed by atoms with van der Waals surface area (Å²) in [6.45, 7) is 1.12. The normalized spacial score (nSPS) is 15.3. The molecule has 1 amide bonds. The number of para-hydroxylation sites is 1. The lowest BCUT2D eigenvalue weighted by Crippen LogP contribution is -2.33. The highest BCUT2D eigenvalue weighted by atomic mass is 32.2. The molecule has 3 aromatic rings. The fourth-order valence-corrected chi connectivity index (χ4v) is 4.53. The number of ether oxygens (including phenoxy) is 1. The second-order valence-electron chi connectivity index (χ2n) is 6.44. The van der Waals surface area contributed by atoms with Crippen LogP contribution in [-0.4, -0.2) is 28.5 Å². The highest BCUT2D eigenvalue weighted by Gasteiger charge is 2.22. The molecule has 0 saturated carbocycles. The van der Waals surface area contributed by atoms with Crippen LogP contribution in [0.15, 0.2) is 52.9 Å². The van der Waals surface area contributed by atoms with Crippen LogP contribution in [0.4, 0.5) is 9.52 Å². The van der Waals surface area contributed by atoms with Crippen LogP contribution >= 0.6 is 23.1 Å². The molecule has 1 aromatic heterocycles. The summed E-state index contributed by atoms with van der Waals surface area (Å²) >= 11 is 2.74. The van der Waals surface area contributed by atoms with E-state index in [1.54, 1.807) is 12.1 Å². The van der Waals surface area contributed by atoms with Crippen molar-refractivity contribution in [3.63, 3.8) is 0 Å². The summed E-state index contributed by atoms with van der Waals surface area (Å²) < 4.78 is 19.3. The molecule has 2 heterocycles. The van der Waals surface area contributed by atoms with Crippen LogP contribution in [-0.2, 0) is 11.3 Å². The maximum atomic E-state index is 12.9. The van der Waals surface area contributed by atoms with Gasteiger partial charge in [-0.1, -0.05) is 53.4 Å². The zero-order valence-corrected chi connectivity index (χ0v) is 17.1. The van der Waals surface area contributed by atoms with E-state index in [0.717, 1.165) is 23.3 Å². The van der Waals surface area contributed by atoms with Gasteiger partial charge in [-0.15, -0.1) is 10.2 Å². The molecule has 0 saturated heterocycles. The van der Waals surface area contributed by atoms with E-state index in [4.69, 9.17) is 4.74 Å². The molecule has 0 spiro atoms. The lowest BCUT2D eigenvalue weighted by atomic mass is 10.0. The number of hydrogen-bond donors (Lipinski definition) is 2. The van der Waals surface area contributed by atoms with Crippen molar-refractivity contribution in [2.75, 3.05) is 17.7 Å². The zero-order valence-electron chi connectivity index (χ0n) is 15.4. The maximum absolute atomic E-state index is 12.9. The summed E-state index contributed by atoms with van der Waals surface area (Å²) in [6.07, 6.45) is 0.754. The summed E-state index contributed by atoms with van der Waals surface area (Å²) in [5.74, 6) is 0.794. The Morgan fingerprint density at radius 3 is 2.90 bits per heavy atom. The minimum Gasteiger partial charge on any atom is -0.493 e. The Bertz CT molecular complexity index is 981. The molecule has 0 unspecified atom stereocenters. The number of aromatic nitrogens is 2. The quantitative estimate of drug-likeness (QED) is 0.552. The number of rotatable bonds is 7. The minimum atomic E-state index is -0.258. The monoisotopic (exact) mass is 430 g/mol. The molecule has 0 aliphatic carbocycles. The number of carbonyl (C=O) groups is 1. The van der Waals surface area contributed by atoms with Crippen molar-refractivity contribution in [1.29, 1.82) is 0 Å². The molecule has 1 aliphatic rings. The van der Waals surface area contributed by atoms with E-state index >= 15 is 0 Å². The van der Waals surface area contributed by atoms with Crippen LogP contribution in [0.25, 0.3) is 0 Å². The highest BCUT2D eigenvalue weighted by Crippen LogP contribution is 2.32. The van der Waals surface area contributed by atoms with Crippen molar-refractivity contribution in [3.8, 4) is 5.75 Å². The van der Waals surface area contributed by atoms with Gasteiger partial charge in [-0.3, -0.25) is 4.79 Å². The third-order valence-electron chi connectivity index (χ3n) is 4.38. The van der Waals surface area contributed by atoms with Crippen LogP contribution < -0.4 is 15.4 Å². The van der Waals surface area contributed by atoms with Gasteiger partial charge < -0.3 is 15.4 Å². The van der Waals surface area contributed by atoms with Crippen LogP contribution in [0.3, 0.4) is 0 Å². The van der Waals surface area contributed by atoms with E-state index in [0.29, 0.717) is 22.6 Å². The molecule has 2 N–H and O–H groups in total. The van der Waals surface area contributed by atoms with Gasteiger partial charge in [0.25, 0.3) is 0 Å². The largest absolute Gasteiger partial charge is 0.493 e. The van der Waals surface area contributed by atoms with E-state index < -0.39 is 0 Å². The predicted octanol–water partition coefficient (Wildman–Crippen LogP) is 4.02. The average Bonchev–Trinajstić information content (AvgIpc) is 3.20. The molecule has 9 heteroatoms. The highest BCUT2D eigenvalue weighted by molar-refractivity contribution is 8.01. The molecule has 1 atom stereocenters. The molecule has 4 rings (SSSR count). The Morgan fingerprint density at radius 1 is 1.21 bits per heavy atom. The average molecular weight is 431 g/mol.